The molecular formula is C27H43N3O3. The third kappa shape index (κ3) is 7.20. The molecule has 2 heterocycles. The number of fused-ring (bicyclic) bond motifs is 1. The number of hydrogen-bond donors (Lipinski definition) is 1. The zero-order chi connectivity index (χ0) is 23.8. The summed E-state index contributed by atoms with van der Waals surface area (Å²) in [6.45, 7) is 6.97. The highest BCUT2D eigenvalue weighted by Crippen LogP contribution is 2.38. The Morgan fingerprint density at radius 1 is 1.18 bits per heavy atom. The van der Waals surface area contributed by atoms with Crippen molar-refractivity contribution in [3.05, 3.63) is 29.8 Å². The maximum atomic E-state index is 13.7. The van der Waals surface area contributed by atoms with E-state index in [1.54, 1.807) is 0 Å². The highest BCUT2D eigenvalue weighted by Gasteiger charge is 2.42. The number of carbonyl (C=O) groups is 2. The molecule has 1 N–H and O–H groups in total. The van der Waals surface area contributed by atoms with Gasteiger partial charge in [0.2, 0.25) is 11.8 Å². The second-order valence-corrected chi connectivity index (χ2v) is 10.6. The molecule has 1 aromatic carbocycles. The number of aryl methyl sites for hydroxylation is 1. The van der Waals surface area contributed by atoms with Crippen LogP contribution in [0.2, 0.25) is 0 Å². The first-order valence-corrected chi connectivity index (χ1v) is 12.7. The van der Waals surface area contributed by atoms with Crippen molar-refractivity contribution < 1.29 is 14.3 Å². The minimum absolute atomic E-state index is 0.0124. The average Bonchev–Trinajstić information content (AvgIpc) is 2.78. The van der Waals surface area contributed by atoms with E-state index in [0.717, 1.165) is 57.2 Å². The summed E-state index contributed by atoms with van der Waals surface area (Å²) in [6.07, 6.45) is 6.82. The van der Waals surface area contributed by atoms with Gasteiger partial charge in [0.25, 0.3) is 0 Å². The van der Waals surface area contributed by atoms with Crippen molar-refractivity contribution in [3.8, 4) is 5.75 Å². The highest BCUT2D eigenvalue weighted by atomic mass is 16.5. The molecule has 184 valence electrons. The fraction of sp³-hybridized carbons (Fsp3) is 0.704. The largest absolute Gasteiger partial charge is 0.491 e. The number of rotatable bonds is 5. The number of nitrogens with zero attached hydrogens (tertiary/aromatic N) is 2. The molecule has 0 radical (unpaired) electrons. The van der Waals surface area contributed by atoms with Crippen LogP contribution < -0.4 is 10.1 Å². The highest BCUT2D eigenvalue weighted by molar-refractivity contribution is 5.84. The topological polar surface area (TPSA) is 61.9 Å². The van der Waals surface area contributed by atoms with Gasteiger partial charge in [-0.05, 0) is 70.2 Å². The molecule has 2 aliphatic heterocycles. The first-order valence-electron chi connectivity index (χ1n) is 12.7. The number of nitrogens with one attached hydrogen (secondary N) is 1. The predicted molar refractivity (Wildman–Crippen MR) is 132 cm³/mol. The summed E-state index contributed by atoms with van der Waals surface area (Å²) >= 11 is 0. The number of carbonyl (C=O) groups excluding carboxylic acids is 2. The van der Waals surface area contributed by atoms with E-state index in [2.05, 4.69) is 31.3 Å². The number of likely N-dealkylation sites (tertiary alicyclic amines) is 1. The average molecular weight is 458 g/mol. The number of hydrogen-bond acceptors (Lipinski definition) is 4. The van der Waals surface area contributed by atoms with Crippen LogP contribution in [0.1, 0.15) is 64.4 Å². The summed E-state index contributed by atoms with van der Waals surface area (Å²) in [6, 6.07) is 8.28. The van der Waals surface area contributed by atoms with Crippen molar-refractivity contribution in [2.45, 2.75) is 71.3 Å². The fourth-order valence-corrected chi connectivity index (χ4v) is 5.15. The minimum Gasteiger partial charge on any atom is -0.491 e. The van der Waals surface area contributed by atoms with Gasteiger partial charge in [0, 0.05) is 26.1 Å². The van der Waals surface area contributed by atoms with Gasteiger partial charge in [-0.2, -0.15) is 0 Å². The van der Waals surface area contributed by atoms with E-state index in [9.17, 15) is 9.59 Å². The van der Waals surface area contributed by atoms with E-state index < -0.39 is 0 Å². The van der Waals surface area contributed by atoms with Crippen LogP contribution in [-0.4, -0.2) is 68.0 Å². The Morgan fingerprint density at radius 2 is 1.91 bits per heavy atom. The molecule has 1 spiro atoms. The number of ether oxygens (including phenoxy) is 1. The van der Waals surface area contributed by atoms with Crippen molar-refractivity contribution in [2.75, 3.05) is 40.3 Å². The maximum Gasteiger partial charge on any atom is 0.226 e. The lowest BCUT2D eigenvalue weighted by atomic mass is 9.73. The summed E-state index contributed by atoms with van der Waals surface area (Å²) in [7, 11) is 3.98. The zero-order valence-electron chi connectivity index (χ0n) is 21.1. The summed E-state index contributed by atoms with van der Waals surface area (Å²) in [5.74, 6) is 1.77. The van der Waals surface area contributed by atoms with Crippen molar-refractivity contribution in [1.82, 2.24) is 15.1 Å². The molecule has 33 heavy (non-hydrogen) atoms. The Hall–Kier alpha value is -2.08. The summed E-state index contributed by atoms with van der Waals surface area (Å²) in [5, 5.41) is 3.37. The lowest BCUT2D eigenvalue weighted by Crippen LogP contribution is -2.53. The Bertz CT molecular complexity index is 785. The van der Waals surface area contributed by atoms with Gasteiger partial charge in [-0.1, -0.05) is 38.5 Å². The van der Waals surface area contributed by atoms with Crippen LogP contribution in [0.4, 0.5) is 0 Å². The molecule has 2 amide bonds. The van der Waals surface area contributed by atoms with Gasteiger partial charge in [0.05, 0.1) is 11.5 Å². The Balaban J connectivity index is 1.72. The fourth-order valence-electron chi connectivity index (χ4n) is 5.15. The second kappa shape index (κ2) is 11.9. The molecule has 6 nitrogen and oxygen atoms in total. The molecule has 1 atom stereocenters. The summed E-state index contributed by atoms with van der Waals surface area (Å²) in [5.41, 5.74) is 0.870. The lowest BCUT2D eigenvalue weighted by Gasteiger charge is -2.42. The SMILES string of the molecule is CC(C)C[C@H]1COc2ccccc2CCCCC2(CCN(C(=O)CCN(C)C)CC2)C(=O)N1. The molecule has 0 aliphatic carbocycles. The summed E-state index contributed by atoms with van der Waals surface area (Å²) in [4.78, 5) is 30.3. The van der Waals surface area contributed by atoms with Gasteiger partial charge >= 0.3 is 0 Å². The molecule has 2 aliphatic rings. The van der Waals surface area contributed by atoms with E-state index in [4.69, 9.17) is 4.74 Å². The van der Waals surface area contributed by atoms with Gasteiger partial charge in [-0.3, -0.25) is 9.59 Å². The van der Waals surface area contributed by atoms with E-state index in [1.165, 1.54) is 5.56 Å². The number of para-hydroxylation sites is 1. The summed E-state index contributed by atoms with van der Waals surface area (Å²) < 4.78 is 6.22. The van der Waals surface area contributed by atoms with Crippen molar-refractivity contribution in [2.24, 2.45) is 11.3 Å². The molecule has 6 heteroatoms. The number of piperidine rings is 1. The maximum absolute atomic E-state index is 13.7. The quantitative estimate of drug-likeness (QED) is 0.729. The monoisotopic (exact) mass is 457 g/mol. The Morgan fingerprint density at radius 3 is 2.61 bits per heavy atom. The van der Waals surface area contributed by atoms with Gasteiger partial charge in [-0.15, -0.1) is 0 Å². The Labute approximate surface area is 200 Å². The first-order chi connectivity index (χ1) is 15.8. The third-order valence-electron chi connectivity index (χ3n) is 7.18. The number of benzene rings is 1. The molecule has 1 aromatic rings. The minimum atomic E-state index is -0.383. The molecule has 0 aromatic heterocycles. The smallest absolute Gasteiger partial charge is 0.226 e. The van der Waals surface area contributed by atoms with Gasteiger partial charge in [0.1, 0.15) is 12.4 Å². The molecule has 0 unspecified atom stereocenters. The van der Waals surface area contributed by atoms with E-state index >= 15 is 0 Å². The Kier molecular flexibility index (Phi) is 9.19. The van der Waals surface area contributed by atoms with Crippen LogP contribution in [-0.2, 0) is 16.0 Å². The van der Waals surface area contributed by atoms with Crippen molar-refractivity contribution in [3.63, 3.8) is 0 Å². The first kappa shape index (κ1) is 25.5. The zero-order valence-corrected chi connectivity index (χ0v) is 21.1. The standard InChI is InChI=1S/C27H43N3O3/c1-21(2)19-23-20-33-24-11-6-5-9-22(24)10-7-8-13-27(26(32)28-23)14-17-30(18-15-27)25(31)12-16-29(3)4/h5-6,9,11,21,23H,7-8,10,12-20H2,1-4H3,(H,28,32)/t23-/m0/s1. The van der Waals surface area contributed by atoms with Crippen LogP contribution in [0.3, 0.4) is 0 Å². The van der Waals surface area contributed by atoms with E-state index in [1.807, 2.05) is 36.0 Å². The molecule has 0 bridgehead atoms. The van der Waals surface area contributed by atoms with Crippen molar-refractivity contribution in [1.29, 1.82) is 0 Å². The van der Waals surface area contributed by atoms with Gasteiger partial charge < -0.3 is 19.9 Å². The molecule has 0 saturated carbocycles. The predicted octanol–water partition coefficient (Wildman–Crippen LogP) is 3.88. The van der Waals surface area contributed by atoms with Crippen LogP contribution in [0.15, 0.2) is 24.3 Å². The number of amides is 2. The van der Waals surface area contributed by atoms with Crippen LogP contribution >= 0.6 is 0 Å². The van der Waals surface area contributed by atoms with E-state index in [-0.39, 0.29) is 23.3 Å². The lowest BCUT2D eigenvalue weighted by molar-refractivity contribution is -0.142. The normalized spacial score (nSPS) is 21.7. The molecule has 1 fully saturated rings. The van der Waals surface area contributed by atoms with Crippen LogP contribution in [0, 0.1) is 11.3 Å². The molecule has 3 rings (SSSR count). The van der Waals surface area contributed by atoms with Crippen LogP contribution in [0.25, 0.3) is 0 Å². The molecule has 1 saturated heterocycles. The van der Waals surface area contributed by atoms with Gasteiger partial charge in [-0.25, -0.2) is 0 Å². The van der Waals surface area contributed by atoms with Crippen LogP contribution in [0.5, 0.6) is 5.75 Å². The third-order valence-corrected chi connectivity index (χ3v) is 7.18. The second-order valence-electron chi connectivity index (χ2n) is 10.6. The van der Waals surface area contributed by atoms with E-state index in [0.29, 0.717) is 32.0 Å². The van der Waals surface area contributed by atoms with Crippen molar-refractivity contribution >= 4 is 11.8 Å². The molecular weight excluding hydrogens is 414 g/mol. The van der Waals surface area contributed by atoms with Gasteiger partial charge in [0.15, 0.2) is 0 Å².